The molecule has 8 nitrogen and oxygen atoms in total. The van der Waals surface area contributed by atoms with Crippen LogP contribution in [0.15, 0.2) is 30.5 Å². The van der Waals surface area contributed by atoms with E-state index in [2.05, 4.69) is 24.1 Å². The van der Waals surface area contributed by atoms with E-state index < -0.39 is 39.6 Å². The first-order valence-corrected chi connectivity index (χ1v) is 16.3. The lowest BCUT2D eigenvalue weighted by molar-refractivity contribution is -0.129. The Morgan fingerprint density at radius 1 is 1.22 bits per heavy atom. The van der Waals surface area contributed by atoms with E-state index in [0.29, 0.717) is 11.5 Å². The lowest BCUT2D eigenvalue weighted by atomic mass is 9.69. The zero-order chi connectivity index (χ0) is 29.5. The monoisotopic (exact) mass is 602 g/mol. The van der Waals surface area contributed by atoms with Crippen LogP contribution in [0.25, 0.3) is 0 Å². The van der Waals surface area contributed by atoms with Crippen molar-refractivity contribution in [2.45, 2.75) is 77.4 Å². The van der Waals surface area contributed by atoms with Gasteiger partial charge in [-0.15, -0.1) is 0 Å². The molecule has 4 aliphatic rings. The average molecular weight is 603 g/mol. The van der Waals surface area contributed by atoms with Gasteiger partial charge in [-0.3, -0.25) is 9.59 Å². The molecule has 2 bridgehead atoms. The predicted molar refractivity (Wildman–Crippen MR) is 154 cm³/mol. The number of benzene rings is 1. The number of nitrogens with two attached hydrogens (primary N) is 1. The number of halogens is 2. The van der Waals surface area contributed by atoms with Gasteiger partial charge in [-0.25, -0.2) is 22.1 Å². The molecule has 11 heteroatoms. The van der Waals surface area contributed by atoms with Crippen molar-refractivity contribution >= 4 is 39.1 Å². The van der Waals surface area contributed by atoms with Gasteiger partial charge >= 0.3 is 0 Å². The van der Waals surface area contributed by atoms with Crippen LogP contribution in [0.4, 0.5) is 10.2 Å². The smallest absolute Gasteiger partial charge is 0.238 e. The summed E-state index contributed by atoms with van der Waals surface area (Å²) in [4.78, 5) is 30.7. The third-order valence-electron chi connectivity index (χ3n) is 10.4. The number of nitrogen functional groups attached to an aromatic ring is 1. The van der Waals surface area contributed by atoms with Crippen LogP contribution in [0.5, 0.6) is 0 Å². The van der Waals surface area contributed by atoms with E-state index >= 15 is 4.39 Å². The van der Waals surface area contributed by atoms with E-state index in [4.69, 9.17) is 17.3 Å². The average Bonchev–Trinajstić information content (AvgIpc) is 3.62. The fourth-order valence-electron chi connectivity index (χ4n) is 7.94. The topological polar surface area (TPSA) is 122 Å². The number of hydrogen-bond acceptors (Lipinski definition) is 7. The van der Waals surface area contributed by atoms with Crippen molar-refractivity contribution in [2.24, 2.45) is 22.7 Å². The summed E-state index contributed by atoms with van der Waals surface area (Å²) in [5.74, 6) is -0.908. The number of carbonyl (C=O) groups excluding carboxylic acids is 2. The van der Waals surface area contributed by atoms with E-state index in [1.807, 2.05) is 6.92 Å². The number of anilines is 1. The second-order valence-corrected chi connectivity index (χ2v) is 15.3. The van der Waals surface area contributed by atoms with Gasteiger partial charge in [0.05, 0.1) is 22.4 Å². The quantitative estimate of drug-likeness (QED) is 0.413. The van der Waals surface area contributed by atoms with E-state index in [-0.39, 0.29) is 56.9 Å². The Bertz CT molecular complexity index is 1530. The minimum Gasteiger partial charge on any atom is -0.384 e. The summed E-state index contributed by atoms with van der Waals surface area (Å²) in [5, 5.41) is 3.39. The number of aromatic nitrogens is 1. The molecule has 3 N–H and O–H groups in total. The molecule has 220 valence electrons. The Labute approximate surface area is 245 Å². The van der Waals surface area contributed by atoms with Crippen molar-refractivity contribution < 1.29 is 22.4 Å². The molecular weight excluding hydrogens is 567 g/mol. The van der Waals surface area contributed by atoms with Crippen LogP contribution in [-0.2, 0) is 14.8 Å². The molecule has 1 aromatic carbocycles. The number of rotatable bonds is 8. The van der Waals surface area contributed by atoms with Gasteiger partial charge in [0, 0.05) is 41.2 Å². The van der Waals surface area contributed by atoms with Crippen LogP contribution >= 0.6 is 11.6 Å². The summed E-state index contributed by atoms with van der Waals surface area (Å²) in [5.41, 5.74) is 5.35. The highest BCUT2D eigenvalue weighted by atomic mass is 35.5. The van der Waals surface area contributed by atoms with Crippen molar-refractivity contribution in [1.29, 1.82) is 0 Å². The van der Waals surface area contributed by atoms with E-state index in [1.54, 1.807) is 6.07 Å². The second kappa shape index (κ2) is 9.74. The van der Waals surface area contributed by atoms with Crippen molar-refractivity contribution in [1.82, 2.24) is 14.6 Å². The van der Waals surface area contributed by atoms with Gasteiger partial charge in [-0.2, -0.15) is 0 Å². The number of ketones is 1. The lowest BCUT2D eigenvalue weighted by Crippen LogP contribution is -2.46. The van der Waals surface area contributed by atoms with Gasteiger partial charge in [-0.1, -0.05) is 31.5 Å². The molecule has 0 radical (unpaired) electrons. The van der Waals surface area contributed by atoms with Crippen LogP contribution in [0.2, 0.25) is 5.02 Å². The van der Waals surface area contributed by atoms with Gasteiger partial charge in [0.25, 0.3) is 0 Å². The first-order chi connectivity index (χ1) is 19.3. The maximum Gasteiger partial charge on any atom is 0.238 e. The van der Waals surface area contributed by atoms with Gasteiger partial charge < -0.3 is 11.1 Å². The molecule has 3 aliphatic carbocycles. The molecular formula is C30H36ClFN4O4S. The lowest BCUT2D eigenvalue weighted by Gasteiger charge is -2.37. The number of sulfonamides is 1. The Morgan fingerprint density at radius 3 is 2.59 bits per heavy atom. The van der Waals surface area contributed by atoms with Crippen molar-refractivity contribution in [3.63, 3.8) is 0 Å². The molecule has 1 spiro atoms. The van der Waals surface area contributed by atoms with Crippen LogP contribution in [0.3, 0.4) is 0 Å². The Balaban J connectivity index is 1.22. The standard InChI is InChI=1S/C30H36ClFN4O4S/c1-16(12-24(37)36-22-13-19-10-11-30(22,29(19,2)3)15-41(36,39)40)35-27(17-4-5-17)20-7-8-21(31)25(26(20)32)28(38)18-6-9-23(33)34-14-18/h6-9,14,16-17,19,22,27,35H,4-5,10-13,15H2,1-3H3,(H2,33,34)/t16?,19?,22?,27-,30?/m1/s1. The fraction of sp³-hybridized carbons (Fsp3) is 0.567. The summed E-state index contributed by atoms with van der Waals surface area (Å²) >= 11 is 6.31. The minimum absolute atomic E-state index is 0.00666. The van der Waals surface area contributed by atoms with E-state index in [9.17, 15) is 18.0 Å². The number of pyridine rings is 1. The predicted octanol–water partition coefficient (Wildman–Crippen LogP) is 4.87. The van der Waals surface area contributed by atoms with E-state index in [0.717, 1.165) is 32.1 Å². The third kappa shape index (κ3) is 4.48. The Kier molecular flexibility index (Phi) is 6.78. The van der Waals surface area contributed by atoms with Crippen LogP contribution in [0.1, 0.15) is 86.8 Å². The molecule has 5 atom stereocenters. The highest BCUT2D eigenvalue weighted by Gasteiger charge is 2.72. The van der Waals surface area contributed by atoms with Gasteiger partial charge in [-0.05, 0) is 74.5 Å². The number of nitrogens with one attached hydrogen (secondary N) is 1. The molecule has 1 amide bonds. The molecule has 4 unspecified atom stereocenters. The highest BCUT2D eigenvalue weighted by Crippen LogP contribution is 2.70. The molecule has 4 fully saturated rings. The first-order valence-electron chi connectivity index (χ1n) is 14.3. The first kappa shape index (κ1) is 28.6. The maximum atomic E-state index is 16.0. The summed E-state index contributed by atoms with van der Waals surface area (Å²) in [6.07, 6.45) is 5.56. The largest absolute Gasteiger partial charge is 0.384 e. The molecule has 2 aromatic rings. The number of amides is 1. The Hall–Kier alpha value is -2.56. The SMILES string of the molecule is CC(CC(=O)N1C2CC3CCC2(CS1(=O)=O)C3(C)C)N[C@@H](c1ccc(Cl)c(C(=O)c2ccc(N)nc2)c1F)C1CC1. The van der Waals surface area contributed by atoms with Crippen molar-refractivity contribution in [2.75, 3.05) is 11.5 Å². The second-order valence-electron chi connectivity index (χ2n) is 13.0. The summed E-state index contributed by atoms with van der Waals surface area (Å²) in [7, 11) is -3.72. The third-order valence-corrected chi connectivity index (χ3v) is 12.7. The maximum absolute atomic E-state index is 16.0. The zero-order valence-electron chi connectivity index (χ0n) is 23.5. The van der Waals surface area contributed by atoms with Gasteiger partial charge in [0.15, 0.2) is 5.78 Å². The van der Waals surface area contributed by atoms with E-state index in [1.165, 1.54) is 28.7 Å². The molecule has 2 heterocycles. The summed E-state index contributed by atoms with van der Waals surface area (Å²) in [6.45, 7) is 6.13. The van der Waals surface area contributed by atoms with Crippen LogP contribution < -0.4 is 11.1 Å². The summed E-state index contributed by atoms with van der Waals surface area (Å²) in [6, 6.07) is 4.85. The summed E-state index contributed by atoms with van der Waals surface area (Å²) < 4.78 is 43.8. The molecule has 41 heavy (non-hydrogen) atoms. The molecule has 3 saturated carbocycles. The van der Waals surface area contributed by atoms with Crippen LogP contribution in [0, 0.1) is 28.5 Å². The molecule has 1 saturated heterocycles. The fourth-order valence-corrected chi connectivity index (χ4v) is 10.7. The number of fused-ring (bicyclic) bond motifs is 1. The van der Waals surface area contributed by atoms with Crippen molar-refractivity contribution in [3.8, 4) is 0 Å². The van der Waals surface area contributed by atoms with Gasteiger partial charge in [0.1, 0.15) is 11.6 Å². The zero-order valence-corrected chi connectivity index (χ0v) is 25.1. The van der Waals surface area contributed by atoms with Crippen molar-refractivity contribution in [3.05, 3.63) is 58.0 Å². The molecule has 1 aliphatic heterocycles. The minimum atomic E-state index is -3.72. The molecule has 6 rings (SSSR count). The number of carbonyl (C=O) groups is 2. The molecule has 1 aromatic heterocycles. The highest BCUT2D eigenvalue weighted by molar-refractivity contribution is 7.90. The normalized spacial score (nSPS) is 28.9. The number of hydrogen-bond donors (Lipinski definition) is 2. The number of nitrogens with zero attached hydrogens (tertiary/aromatic N) is 2. The van der Waals surface area contributed by atoms with Gasteiger partial charge in [0.2, 0.25) is 15.9 Å². The Morgan fingerprint density at radius 2 is 1.95 bits per heavy atom. The van der Waals surface area contributed by atoms with Crippen LogP contribution in [-0.4, -0.2) is 47.2 Å².